The Bertz CT molecular complexity index is 310. The molecule has 2 aliphatic rings. The van der Waals surface area contributed by atoms with Crippen molar-refractivity contribution in [3.63, 3.8) is 0 Å². The molecule has 82 valence electrons. The minimum atomic E-state index is -0.202. The minimum absolute atomic E-state index is 0.202. The minimum Gasteiger partial charge on any atom is -0.342 e. The molecule has 1 amide bonds. The van der Waals surface area contributed by atoms with Crippen molar-refractivity contribution < 1.29 is 4.79 Å². The predicted molar refractivity (Wildman–Crippen MR) is 56.8 cm³/mol. The molecule has 0 bridgehead atoms. The first-order valence-electron chi connectivity index (χ1n) is 5.76. The van der Waals surface area contributed by atoms with Crippen LogP contribution in [0.15, 0.2) is 0 Å². The van der Waals surface area contributed by atoms with Crippen LogP contribution in [0.5, 0.6) is 0 Å². The highest BCUT2D eigenvalue weighted by Crippen LogP contribution is 2.40. The molecule has 1 heterocycles. The summed E-state index contributed by atoms with van der Waals surface area (Å²) in [5.74, 6) is 1.20. The molecule has 2 rings (SSSR count). The van der Waals surface area contributed by atoms with Crippen LogP contribution in [0.4, 0.5) is 0 Å². The first kappa shape index (κ1) is 10.5. The lowest BCUT2D eigenvalue weighted by atomic mass is 9.82. The molecule has 0 spiro atoms. The van der Waals surface area contributed by atoms with Gasteiger partial charge in [0.15, 0.2) is 0 Å². The van der Waals surface area contributed by atoms with Gasteiger partial charge in [-0.2, -0.15) is 5.26 Å². The Morgan fingerprint density at radius 3 is 2.40 bits per heavy atom. The number of nitrogens with zero attached hydrogens (tertiary/aromatic N) is 2. The molecule has 0 aromatic heterocycles. The zero-order chi connectivity index (χ0) is 11.1. The summed E-state index contributed by atoms with van der Waals surface area (Å²) in [7, 11) is 0. The van der Waals surface area contributed by atoms with E-state index < -0.39 is 0 Å². The van der Waals surface area contributed by atoms with Crippen LogP contribution in [-0.2, 0) is 4.79 Å². The largest absolute Gasteiger partial charge is 0.342 e. The van der Waals surface area contributed by atoms with Crippen molar-refractivity contribution in [3.8, 4) is 6.07 Å². The lowest BCUT2D eigenvalue weighted by Gasteiger charge is -2.35. The molecule has 15 heavy (non-hydrogen) atoms. The third-order valence-corrected chi connectivity index (χ3v) is 3.88. The van der Waals surface area contributed by atoms with E-state index in [1.54, 1.807) is 0 Å². The second-order valence-electron chi connectivity index (χ2n) is 5.32. The van der Waals surface area contributed by atoms with Gasteiger partial charge >= 0.3 is 0 Å². The first-order valence-corrected chi connectivity index (χ1v) is 5.76. The van der Waals surface area contributed by atoms with Gasteiger partial charge in [0.2, 0.25) is 5.91 Å². The quantitative estimate of drug-likeness (QED) is 0.656. The summed E-state index contributed by atoms with van der Waals surface area (Å²) in [6.07, 6.45) is 2.72. The average molecular weight is 206 g/mol. The Labute approximate surface area is 91.1 Å². The second kappa shape index (κ2) is 3.52. The summed E-state index contributed by atoms with van der Waals surface area (Å²) in [5.41, 5.74) is -0.202. The van der Waals surface area contributed by atoms with Gasteiger partial charge in [0.25, 0.3) is 0 Å². The van der Waals surface area contributed by atoms with Crippen molar-refractivity contribution in [1.82, 2.24) is 4.90 Å². The average Bonchev–Trinajstić information content (AvgIpc) is 2.96. The van der Waals surface area contributed by atoms with E-state index in [1.165, 1.54) is 0 Å². The summed E-state index contributed by atoms with van der Waals surface area (Å²) in [6, 6.07) is 2.36. The number of nitriles is 1. The fourth-order valence-corrected chi connectivity index (χ4v) is 2.23. The third kappa shape index (κ3) is 1.99. The summed E-state index contributed by atoms with van der Waals surface area (Å²) < 4.78 is 0. The van der Waals surface area contributed by atoms with Crippen LogP contribution in [0.25, 0.3) is 0 Å². The Morgan fingerprint density at radius 1 is 1.47 bits per heavy atom. The molecule has 2 fully saturated rings. The van der Waals surface area contributed by atoms with Crippen molar-refractivity contribution in [3.05, 3.63) is 0 Å². The van der Waals surface area contributed by atoms with Gasteiger partial charge in [0.1, 0.15) is 0 Å². The van der Waals surface area contributed by atoms with Crippen molar-refractivity contribution >= 4 is 5.91 Å². The van der Waals surface area contributed by atoms with Gasteiger partial charge in [0, 0.05) is 19.0 Å². The molecular weight excluding hydrogens is 188 g/mol. The van der Waals surface area contributed by atoms with Crippen LogP contribution in [0, 0.1) is 28.6 Å². The maximum atomic E-state index is 11.9. The molecule has 3 nitrogen and oxygen atoms in total. The SMILES string of the molecule is CC1CC1C(=O)N1CCC(C)(C#N)CC1. The Morgan fingerprint density at radius 2 is 2.00 bits per heavy atom. The number of hydrogen-bond acceptors (Lipinski definition) is 2. The number of carbonyl (C=O) groups is 1. The molecule has 2 unspecified atom stereocenters. The van der Waals surface area contributed by atoms with E-state index in [0.717, 1.165) is 32.4 Å². The number of hydrogen-bond donors (Lipinski definition) is 0. The summed E-state index contributed by atoms with van der Waals surface area (Å²) >= 11 is 0. The van der Waals surface area contributed by atoms with Crippen LogP contribution in [0.1, 0.15) is 33.1 Å². The molecule has 0 aromatic carbocycles. The Balaban J connectivity index is 1.89. The highest BCUT2D eigenvalue weighted by molar-refractivity contribution is 5.81. The molecule has 1 aliphatic heterocycles. The maximum absolute atomic E-state index is 11.9. The number of carbonyl (C=O) groups excluding carboxylic acids is 1. The molecule has 0 radical (unpaired) electrons. The Hall–Kier alpha value is -1.04. The van der Waals surface area contributed by atoms with Crippen LogP contribution < -0.4 is 0 Å². The lowest BCUT2D eigenvalue weighted by molar-refractivity contribution is -0.134. The van der Waals surface area contributed by atoms with Crippen molar-refractivity contribution in [2.45, 2.75) is 33.1 Å². The van der Waals surface area contributed by atoms with E-state index in [1.807, 2.05) is 11.8 Å². The maximum Gasteiger partial charge on any atom is 0.225 e. The van der Waals surface area contributed by atoms with Crippen LogP contribution in [0.3, 0.4) is 0 Å². The molecule has 2 atom stereocenters. The zero-order valence-electron chi connectivity index (χ0n) is 9.49. The summed E-state index contributed by atoms with van der Waals surface area (Å²) in [4.78, 5) is 13.9. The van der Waals surface area contributed by atoms with Gasteiger partial charge in [-0.05, 0) is 32.1 Å². The highest BCUT2D eigenvalue weighted by Gasteiger charge is 2.43. The zero-order valence-corrected chi connectivity index (χ0v) is 9.49. The highest BCUT2D eigenvalue weighted by atomic mass is 16.2. The number of likely N-dealkylation sites (tertiary alicyclic amines) is 1. The normalized spacial score (nSPS) is 33.3. The van der Waals surface area contributed by atoms with E-state index in [0.29, 0.717) is 11.8 Å². The molecular formula is C12H18N2O. The van der Waals surface area contributed by atoms with Gasteiger partial charge in [-0.3, -0.25) is 4.79 Å². The van der Waals surface area contributed by atoms with E-state index in [4.69, 9.17) is 5.26 Å². The predicted octanol–water partition coefficient (Wildman–Crippen LogP) is 1.79. The number of amides is 1. The van der Waals surface area contributed by atoms with Crippen molar-refractivity contribution in [1.29, 1.82) is 5.26 Å². The van der Waals surface area contributed by atoms with Crippen molar-refractivity contribution in [2.24, 2.45) is 17.3 Å². The van der Waals surface area contributed by atoms with Crippen LogP contribution in [-0.4, -0.2) is 23.9 Å². The molecule has 0 aromatic rings. The van der Waals surface area contributed by atoms with Gasteiger partial charge in [-0.1, -0.05) is 6.92 Å². The van der Waals surface area contributed by atoms with Crippen molar-refractivity contribution in [2.75, 3.05) is 13.1 Å². The second-order valence-corrected chi connectivity index (χ2v) is 5.32. The summed E-state index contributed by atoms with van der Waals surface area (Å²) in [6.45, 7) is 5.67. The smallest absolute Gasteiger partial charge is 0.225 e. The monoisotopic (exact) mass is 206 g/mol. The lowest BCUT2D eigenvalue weighted by Crippen LogP contribution is -2.42. The van der Waals surface area contributed by atoms with E-state index >= 15 is 0 Å². The van der Waals surface area contributed by atoms with Gasteiger partial charge < -0.3 is 4.90 Å². The molecule has 3 heteroatoms. The number of piperidine rings is 1. The van der Waals surface area contributed by atoms with Gasteiger partial charge in [0.05, 0.1) is 11.5 Å². The molecule has 1 saturated carbocycles. The fourth-order valence-electron chi connectivity index (χ4n) is 2.23. The fraction of sp³-hybridized carbons (Fsp3) is 0.833. The first-order chi connectivity index (χ1) is 7.06. The van der Waals surface area contributed by atoms with E-state index in [9.17, 15) is 4.79 Å². The standard InChI is InChI=1S/C12H18N2O/c1-9-7-10(9)11(15)14-5-3-12(2,8-13)4-6-14/h9-10H,3-7H2,1-2H3. The topological polar surface area (TPSA) is 44.1 Å². The van der Waals surface area contributed by atoms with Crippen LogP contribution >= 0.6 is 0 Å². The van der Waals surface area contributed by atoms with E-state index in [2.05, 4.69) is 13.0 Å². The van der Waals surface area contributed by atoms with Gasteiger partial charge in [-0.25, -0.2) is 0 Å². The molecule has 0 N–H and O–H groups in total. The summed E-state index contributed by atoms with van der Waals surface area (Å²) in [5, 5.41) is 8.99. The van der Waals surface area contributed by atoms with Crippen LogP contribution in [0.2, 0.25) is 0 Å². The third-order valence-electron chi connectivity index (χ3n) is 3.88. The van der Waals surface area contributed by atoms with E-state index in [-0.39, 0.29) is 11.3 Å². The molecule has 1 aliphatic carbocycles. The number of rotatable bonds is 1. The Kier molecular flexibility index (Phi) is 2.46. The molecule has 1 saturated heterocycles. The van der Waals surface area contributed by atoms with Gasteiger partial charge in [-0.15, -0.1) is 0 Å².